The Morgan fingerprint density at radius 1 is 1.30 bits per heavy atom. The van der Waals surface area contributed by atoms with E-state index in [4.69, 9.17) is 0 Å². The van der Waals surface area contributed by atoms with Crippen LogP contribution in [0.4, 0.5) is 5.69 Å². The highest BCUT2D eigenvalue weighted by Gasteiger charge is 2.11. The number of hydrogen-bond acceptors (Lipinski definition) is 3. The number of carbonyl (C=O) groups excluding carboxylic acids is 1. The highest BCUT2D eigenvalue weighted by Crippen LogP contribution is 2.16. The van der Waals surface area contributed by atoms with Gasteiger partial charge in [-0.15, -0.1) is 0 Å². The van der Waals surface area contributed by atoms with Gasteiger partial charge in [-0.2, -0.15) is 5.10 Å². The Labute approximate surface area is 124 Å². The molecule has 0 saturated heterocycles. The molecule has 0 aliphatic rings. The van der Waals surface area contributed by atoms with Crippen LogP contribution in [0, 0.1) is 0 Å². The van der Waals surface area contributed by atoms with Gasteiger partial charge < -0.3 is 5.32 Å². The van der Waals surface area contributed by atoms with Crippen LogP contribution in [-0.4, -0.2) is 15.7 Å². The van der Waals surface area contributed by atoms with Crippen LogP contribution in [0.1, 0.15) is 30.4 Å². The summed E-state index contributed by atoms with van der Waals surface area (Å²) in [5.74, 6) is -0.350. The highest BCUT2D eigenvalue weighted by molar-refractivity contribution is 9.10. The molecule has 0 radical (unpaired) electrons. The fourth-order valence-electron chi connectivity index (χ4n) is 1.68. The molecular weight excluding hydrogens is 322 g/mol. The van der Waals surface area contributed by atoms with Crippen molar-refractivity contribution in [3.8, 4) is 0 Å². The zero-order valence-corrected chi connectivity index (χ0v) is 12.7. The first-order valence-electron chi connectivity index (χ1n) is 6.14. The molecule has 0 aliphatic heterocycles. The van der Waals surface area contributed by atoms with E-state index in [1.165, 1.54) is 16.8 Å². The van der Waals surface area contributed by atoms with E-state index in [9.17, 15) is 9.59 Å². The highest BCUT2D eigenvalue weighted by atomic mass is 79.9. The zero-order chi connectivity index (χ0) is 14.7. The van der Waals surface area contributed by atoms with E-state index in [-0.39, 0.29) is 23.2 Å². The summed E-state index contributed by atoms with van der Waals surface area (Å²) < 4.78 is 2.16. The Morgan fingerprint density at radius 2 is 2.05 bits per heavy atom. The number of carbonyl (C=O) groups is 1. The molecule has 6 heteroatoms. The van der Waals surface area contributed by atoms with Gasteiger partial charge in [-0.25, -0.2) is 4.68 Å². The first-order valence-corrected chi connectivity index (χ1v) is 6.93. The van der Waals surface area contributed by atoms with Gasteiger partial charge in [0.05, 0.1) is 6.04 Å². The summed E-state index contributed by atoms with van der Waals surface area (Å²) >= 11 is 3.34. The van der Waals surface area contributed by atoms with Crippen molar-refractivity contribution in [1.82, 2.24) is 9.78 Å². The predicted octanol–water partition coefficient (Wildman–Crippen LogP) is 2.84. The Morgan fingerprint density at radius 3 is 2.70 bits per heavy atom. The number of halogens is 1. The van der Waals surface area contributed by atoms with Crippen molar-refractivity contribution < 1.29 is 4.79 Å². The number of nitrogens with zero attached hydrogens (tertiary/aromatic N) is 2. The average Bonchev–Trinajstić information content (AvgIpc) is 2.38. The van der Waals surface area contributed by atoms with E-state index < -0.39 is 0 Å². The maximum Gasteiger partial charge on any atom is 0.276 e. The van der Waals surface area contributed by atoms with E-state index >= 15 is 0 Å². The lowest BCUT2D eigenvalue weighted by Gasteiger charge is -2.10. The van der Waals surface area contributed by atoms with Crippen molar-refractivity contribution in [2.45, 2.75) is 19.9 Å². The fourth-order valence-corrected chi connectivity index (χ4v) is 2.08. The van der Waals surface area contributed by atoms with E-state index in [0.29, 0.717) is 5.69 Å². The van der Waals surface area contributed by atoms with Gasteiger partial charge in [0.1, 0.15) is 5.69 Å². The van der Waals surface area contributed by atoms with Gasteiger partial charge in [0.25, 0.3) is 11.5 Å². The molecule has 2 aromatic rings. The Hall–Kier alpha value is -1.95. The van der Waals surface area contributed by atoms with Gasteiger partial charge in [-0.3, -0.25) is 9.59 Å². The summed E-state index contributed by atoms with van der Waals surface area (Å²) in [7, 11) is 0. The van der Waals surface area contributed by atoms with Crippen molar-refractivity contribution in [3.63, 3.8) is 0 Å². The lowest BCUT2D eigenvalue weighted by atomic mass is 10.3. The SMILES string of the molecule is CC(C)n1nc(C(=O)Nc2cccc(Br)c2)ccc1=O. The second-order valence-electron chi connectivity index (χ2n) is 4.56. The van der Waals surface area contributed by atoms with Crippen LogP contribution in [-0.2, 0) is 0 Å². The van der Waals surface area contributed by atoms with Crippen LogP contribution in [0.2, 0.25) is 0 Å². The van der Waals surface area contributed by atoms with Crippen LogP contribution >= 0.6 is 15.9 Å². The minimum atomic E-state index is -0.350. The van der Waals surface area contributed by atoms with Gasteiger partial charge in [0.2, 0.25) is 0 Å². The molecule has 0 saturated carbocycles. The summed E-state index contributed by atoms with van der Waals surface area (Å²) in [6.07, 6.45) is 0. The third-order valence-electron chi connectivity index (χ3n) is 2.63. The Bertz CT molecular complexity index is 695. The molecule has 0 atom stereocenters. The standard InChI is InChI=1S/C14H14BrN3O2/c1-9(2)18-13(19)7-6-12(17-18)14(20)16-11-5-3-4-10(15)8-11/h3-9H,1-2H3,(H,16,20). The minimum Gasteiger partial charge on any atom is -0.321 e. The molecular formula is C14H14BrN3O2. The molecule has 20 heavy (non-hydrogen) atoms. The number of nitrogens with one attached hydrogen (secondary N) is 1. The van der Waals surface area contributed by atoms with Gasteiger partial charge >= 0.3 is 0 Å². The van der Waals surface area contributed by atoms with Gasteiger partial charge in [0.15, 0.2) is 0 Å². The maximum absolute atomic E-state index is 12.1. The summed E-state index contributed by atoms with van der Waals surface area (Å²) in [6.45, 7) is 3.68. The molecule has 0 unspecified atom stereocenters. The summed E-state index contributed by atoms with van der Waals surface area (Å²) in [5, 5.41) is 6.81. The number of rotatable bonds is 3. The monoisotopic (exact) mass is 335 g/mol. The molecule has 0 aliphatic carbocycles. The van der Waals surface area contributed by atoms with Gasteiger partial charge in [0, 0.05) is 16.2 Å². The summed E-state index contributed by atoms with van der Waals surface area (Å²) in [6, 6.07) is 9.94. The molecule has 1 aromatic heterocycles. The predicted molar refractivity (Wildman–Crippen MR) is 81.0 cm³/mol. The Kier molecular flexibility index (Phi) is 4.34. The van der Waals surface area contributed by atoms with Gasteiger partial charge in [-0.05, 0) is 38.1 Å². The number of anilines is 1. The molecule has 1 aromatic carbocycles. The second-order valence-corrected chi connectivity index (χ2v) is 5.48. The smallest absolute Gasteiger partial charge is 0.276 e. The normalized spacial score (nSPS) is 10.6. The molecule has 1 amide bonds. The first kappa shape index (κ1) is 14.5. The topological polar surface area (TPSA) is 64.0 Å². The van der Waals surface area contributed by atoms with Crippen molar-refractivity contribution in [3.05, 3.63) is 56.9 Å². The molecule has 5 nitrogen and oxygen atoms in total. The van der Waals surface area contributed by atoms with E-state index in [2.05, 4.69) is 26.3 Å². The number of benzene rings is 1. The quantitative estimate of drug-likeness (QED) is 0.937. The number of amides is 1. The largest absolute Gasteiger partial charge is 0.321 e. The summed E-state index contributed by atoms with van der Waals surface area (Å²) in [4.78, 5) is 23.7. The van der Waals surface area contributed by atoms with Crippen molar-refractivity contribution in [2.24, 2.45) is 0 Å². The van der Waals surface area contributed by atoms with Crippen molar-refractivity contribution in [2.75, 3.05) is 5.32 Å². The van der Waals surface area contributed by atoms with E-state index in [1.807, 2.05) is 26.0 Å². The van der Waals surface area contributed by atoms with E-state index in [0.717, 1.165) is 4.47 Å². The molecule has 0 spiro atoms. The number of aromatic nitrogens is 2. The molecule has 1 N–H and O–H groups in total. The molecule has 0 bridgehead atoms. The molecule has 104 valence electrons. The molecule has 2 rings (SSSR count). The lowest BCUT2D eigenvalue weighted by Crippen LogP contribution is -2.27. The third-order valence-corrected chi connectivity index (χ3v) is 3.12. The maximum atomic E-state index is 12.1. The van der Waals surface area contributed by atoms with Crippen LogP contribution in [0.3, 0.4) is 0 Å². The number of hydrogen-bond donors (Lipinski definition) is 1. The van der Waals surface area contributed by atoms with Crippen LogP contribution in [0.5, 0.6) is 0 Å². The van der Waals surface area contributed by atoms with Crippen LogP contribution in [0.15, 0.2) is 45.7 Å². The summed E-state index contributed by atoms with van der Waals surface area (Å²) in [5.41, 5.74) is 0.644. The second kappa shape index (κ2) is 6.00. The average molecular weight is 336 g/mol. The van der Waals surface area contributed by atoms with Crippen LogP contribution in [0.25, 0.3) is 0 Å². The lowest BCUT2D eigenvalue weighted by molar-refractivity contribution is 0.101. The fraction of sp³-hybridized carbons (Fsp3) is 0.214. The minimum absolute atomic E-state index is 0.0962. The molecule has 0 fully saturated rings. The zero-order valence-electron chi connectivity index (χ0n) is 11.1. The Balaban J connectivity index is 2.26. The first-order chi connectivity index (χ1) is 9.47. The van der Waals surface area contributed by atoms with Crippen molar-refractivity contribution in [1.29, 1.82) is 0 Å². The van der Waals surface area contributed by atoms with Crippen LogP contribution < -0.4 is 10.9 Å². The third kappa shape index (κ3) is 3.33. The van der Waals surface area contributed by atoms with Gasteiger partial charge in [-0.1, -0.05) is 22.0 Å². The van der Waals surface area contributed by atoms with E-state index in [1.54, 1.807) is 12.1 Å². The molecule has 1 heterocycles. The van der Waals surface area contributed by atoms with Crippen molar-refractivity contribution >= 4 is 27.5 Å².